The molecule has 51 heavy (non-hydrogen) atoms. The van der Waals surface area contributed by atoms with Gasteiger partial charge in [-0.1, -0.05) is 189 Å². The van der Waals surface area contributed by atoms with E-state index in [0.717, 1.165) is 38.5 Å². The minimum atomic E-state index is -0.575. The molecule has 0 aromatic carbocycles. The molecular weight excluding hydrogens is 629 g/mol. The lowest BCUT2D eigenvalue weighted by Gasteiger charge is -2.15. The third kappa shape index (κ3) is 42.1. The number of ether oxygens (including phenoxy) is 2. The first-order valence-corrected chi connectivity index (χ1v) is 21.5. The Morgan fingerprint density at radius 2 is 0.882 bits per heavy atom. The summed E-state index contributed by atoms with van der Waals surface area (Å²) < 4.78 is 11.1. The molecule has 0 aromatic rings. The molecule has 0 aliphatic carbocycles. The zero-order valence-electron chi connectivity index (χ0n) is 33.6. The molecule has 0 heterocycles. The predicted molar refractivity (Wildman–Crippen MR) is 223 cm³/mol. The van der Waals surface area contributed by atoms with Gasteiger partial charge in [-0.05, 0) is 70.6 Å². The molecule has 4 nitrogen and oxygen atoms in total. The lowest BCUT2D eigenvalue weighted by atomic mass is 10.0. The maximum absolute atomic E-state index is 12.1. The molecule has 4 heteroatoms. The highest BCUT2D eigenvalue weighted by Gasteiger charge is 2.13. The summed E-state index contributed by atoms with van der Waals surface area (Å²) in [6.07, 6.45) is 59.9. The van der Waals surface area contributed by atoms with Crippen molar-refractivity contribution in [3.8, 4) is 0 Å². The largest absolute Gasteiger partial charge is 0.457 e. The molecule has 1 atom stereocenters. The molecule has 0 saturated carbocycles. The zero-order valence-corrected chi connectivity index (χ0v) is 33.6. The van der Waals surface area contributed by atoms with Crippen LogP contribution in [0.3, 0.4) is 0 Å². The molecule has 1 unspecified atom stereocenters. The summed E-state index contributed by atoms with van der Waals surface area (Å²) in [5, 5.41) is 9.57. The van der Waals surface area contributed by atoms with E-state index in [1.54, 1.807) is 0 Å². The molecule has 1 N–H and O–H groups in total. The summed E-state index contributed by atoms with van der Waals surface area (Å²) in [7, 11) is 0. The van der Waals surface area contributed by atoms with E-state index < -0.39 is 6.10 Å². The number of rotatable bonds is 39. The quantitative estimate of drug-likeness (QED) is 0.0392. The lowest BCUT2D eigenvalue weighted by molar-refractivity contribution is -0.154. The summed E-state index contributed by atoms with van der Waals surface area (Å²) in [4.78, 5) is 12.1. The second kappa shape index (κ2) is 44.0. The van der Waals surface area contributed by atoms with E-state index in [-0.39, 0.29) is 19.2 Å². The highest BCUT2D eigenvalue weighted by molar-refractivity contribution is 5.69. The summed E-state index contributed by atoms with van der Waals surface area (Å²) in [6, 6.07) is 0. The van der Waals surface area contributed by atoms with Gasteiger partial charge in [-0.25, -0.2) is 0 Å². The second-order valence-electron chi connectivity index (χ2n) is 14.0. The topological polar surface area (TPSA) is 55.8 Å². The number of carbonyl (C=O) groups excluding carboxylic acids is 1. The number of hydrogen-bond acceptors (Lipinski definition) is 4. The van der Waals surface area contributed by atoms with Crippen molar-refractivity contribution in [2.75, 3.05) is 19.8 Å². The van der Waals surface area contributed by atoms with Gasteiger partial charge >= 0.3 is 5.97 Å². The monoisotopic (exact) mass is 711 g/mol. The fraction of sp³-hybridized carbons (Fsp3) is 0.723. The number of allylic oxidation sites excluding steroid dienone is 12. The van der Waals surface area contributed by atoms with Gasteiger partial charge in [0.1, 0.15) is 6.10 Å². The molecule has 294 valence electrons. The summed E-state index contributed by atoms with van der Waals surface area (Å²) >= 11 is 0. The van der Waals surface area contributed by atoms with Crippen LogP contribution in [0.15, 0.2) is 72.9 Å². The van der Waals surface area contributed by atoms with Crippen LogP contribution < -0.4 is 0 Å². The maximum Gasteiger partial charge on any atom is 0.306 e. The first-order valence-electron chi connectivity index (χ1n) is 21.5. The van der Waals surface area contributed by atoms with Gasteiger partial charge in [0.25, 0.3) is 0 Å². The third-order valence-electron chi connectivity index (χ3n) is 9.03. The van der Waals surface area contributed by atoms with Crippen molar-refractivity contribution in [1.82, 2.24) is 0 Å². The maximum atomic E-state index is 12.1. The van der Waals surface area contributed by atoms with Crippen LogP contribution in [0, 0.1) is 0 Å². The molecule has 0 saturated heterocycles. The van der Waals surface area contributed by atoms with Crippen molar-refractivity contribution >= 4 is 5.97 Å². The average Bonchev–Trinajstić information content (AvgIpc) is 3.14. The van der Waals surface area contributed by atoms with Crippen molar-refractivity contribution < 1.29 is 19.4 Å². The van der Waals surface area contributed by atoms with Crippen LogP contribution in [-0.4, -0.2) is 37.0 Å². The fourth-order valence-corrected chi connectivity index (χ4v) is 5.84. The van der Waals surface area contributed by atoms with Gasteiger partial charge in [-0.3, -0.25) is 4.79 Å². The van der Waals surface area contributed by atoms with Crippen LogP contribution in [0.5, 0.6) is 0 Å². The van der Waals surface area contributed by atoms with Gasteiger partial charge in [0, 0.05) is 13.0 Å². The number of aliphatic hydroxyl groups is 1. The Labute approximate surface area is 317 Å². The lowest BCUT2D eigenvalue weighted by Crippen LogP contribution is -2.27. The number of carbonyl (C=O) groups is 1. The van der Waals surface area contributed by atoms with Crippen LogP contribution in [0.4, 0.5) is 0 Å². The first-order chi connectivity index (χ1) is 25.2. The molecule has 0 aliphatic heterocycles. The molecule has 0 bridgehead atoms. The number of unbranched alkanes of at least 4 members (excludes halogenated alkanes) is 19. The Morgan fingerprint density at radius 1 is 0.490 bits per heavy atom. The van der Waals surface area contributed by atoms with Crippen molar-refractivity contribution in [2.24, 2.45) is 0 Å². The van der Waals surface area contributed by atoms with Crippen molar-refractivity contribution in [3.63, 3.8) is 0 Å². The van der Waals surface area contributed by atoms with E-state index in [4.69, 9.17) is 9.47 Å². The molecule has 0 rings (SSSR count). The Bertz CT molecular complexity index is 881. The third-order valence-corrected chi connectivity index (χ3v) is 9.03. The van der Waals surface area contributed by atoms with E-state index in [2.05, 4.69) is 80.7 Å². The molecule has 0 fully saturated rings. The molecule has 0 radical (unpaired) electrons. The minimum Gasteiger partial charge on any atom is -0.457 e. The molecule has 0 aliphatic rings. The van der Waals surface area contributed by atoms with Gasteiger partial charge in [-0.2, -0.15) is 0 Å². The normalized spacial score (nSPS) is 13.1. The fourth-order valence-electron chi connectivity index (χ4n) is 5.84. The second-order valence-corrected chi connectivity index (χ2v) is 14.0. The van der Waals surface area contributed by atoms with Gasteiger partial charge in [0.15, 0.2) is 0 Å². The summed E-state index contributed by atoms with van der Waals surface area (Å²) in [5.41, 5.74) is 0. The van der Waals surface area contributed by atoms with Gasteiger partial charge in [-0.15, -0.1) is 0 Å². The standard InChI is InChI=1S/C47H82O4/c1-3-5-7-9-11-13-15-17-18-19-20-21-22-23-24-25-26-27-28-29-31-33-35-37-39-41-43-50-45-46(44-48)51-47(49)42-40-38-36-34-32-30-16-14-12-10-8-6-4-2/h6,8,12,14-15,17,19-20,30,32,36,38,46,48H,3-5,7,9-11,13,16,18,21-29,31,33-35,37,39-45H2,1-2H3/b8-6-,14-12-,17-15-,20-19-,32-30-,38-36-. The Morgan fingerprint density at radius 3 is 1.33 bits per heavy atom. The van der Waals surface area contributed by atoms with E-state index in [1.807, 2.05) is 6.08 Å². The zero-order chi connectivity index (χ0) is 37.0. The van der Waals surface area contributed by atoms with Crippen LogP contribution in [0.25, 0.3) is 0 Å². The van der Waals surface area contributed by atoms with Crippen molar-refractivity contribution in [2.45, 2.75) is 200 Å². The Balaban J connectivity index is 3.45. The van der Waals surface area contributed by atoms with E-state index in [0.29, 0.717) is 19.4 Å². The summed E-state index contributed by atoms with van der Waals surface area (Å²) in [5.74, 6) is -0.281. The minimum absolute atomic E-state index is 0.203. The first kappa shape index (κ1) is 48.8. The Hall–Kier alpha value is -2.17. The van der Waals surface area contributed by atoms with Gasteiger partial charge < -0.3 is 14.6 Å². The highest BCUT2D eigenvalue weighted by atomic mass is 16.6. The van der Waals surface area contributed by atoms with Crippen LogP contribution in [0.1, 0.15) is 194 Å². The van der Waals surface area contributed by atoms with E-state index in [9.17, 15) is 9.90 Å². The van der Waals surface area contributed by atoms with Crippen molar-refractivity contribution in [3.05, 3.63) is 72.9 Å². The smallest absolute Gasteiger partial charge is 0.306 e. The van der Waals surface area contributed by atoms with Crippen LogP contribution in [-0.2, 0) is 14.3 Å². The number of esters is 1. The van der Waals surface area contributed by atoms with Crippen molar-refractivity contribution in [1.29, 1.82) is 0 Å². The predicted octanol–water partition coefficient (Wildman–Crippen LogP) is 14.2. The van der Waals surface area contributed by atoms with Gasteiger partial charge in [0.2, 0.25) is 0 Å². The van der Waals surface area contributed by atoms with Crippen LogP contribution in [0.2, 0.25) is 0 Å². The van der Waals surface area contributed by atoms with Crippen LogP contribution >= 0.6 is 0 Å². The average molecular weight is 711 g/mol. The highest BCUT2D eigenvalue weighted by Crippen LogP contribution is 2.14. The number of hydrogen-bond donors (Lipinski definition) is 1. The van der Waals surface area contributed by atoms with E-state index >= 15 is 0 Å². The van der Waals surface area contributed by atoms with Gasteiger partial charge in [0.05, 0.1) is 13.2 Å². The SMILES string of the molecule is CC/C=C\C/C=C\C/C=C\C/C=C\CCC(=O)OC(CO)COCCCCCCCCCCCCCCCC/C=C\C/C=C\CCCCCCC. The summed E-state index contributed by atoms with van der Waals surface area (Å²) in [6.45, 7) is 5.14. The molecular formula is C47H82O4. The molecule has 0 spiro atoms. The Kier molecular flexibility index (Phi) is 42.1. The number of aliphatic hydroxyl groups excluding tert-OH is 1. The molecule has 0 amide bonds. The van der Waals surface area contributed by atoms with E-state index in [1.165, 1.54) is 128 Å². The molecule has 0 aromatic heterocycles.